The smallest absolute Gasteiger partial charge is 0.332 e. The summed E-state index contributed by atoms with van der Waals surface area (Å²) >= 11 is 0. The molecule has 33 heavy (non-hydrogen) atoms. The Hall–Kier alpha value is -3.08. The largest absolute Gasteiger partial charge is 0.457 e. The van der Waals surface area contributed by atoms with Crippen LogP contribution in [0.2, 0.25) is 0 Å². The number of aliphatic hydroxyl groups is 1. The molecule has 0 amide bonds. The van der Waals surface area contributed by atoms with Gasteiger partial charge >= 0.3 is 5.69 Å². The number of benzene rings is 1. The van der Waals surface area contributed by atoms with Crippen molar-refractivity contribution in [2.45, 2.75) is 19.4 Å². The van der Waals surface area contributed by atoms with Crippen LogP contribution in [0.4, 0.5) is 5.82 Å². The van der Waals surface area contributed by atoms with E-state index in [9.17, 15) is 14.7 Å². The van der Waals surface area contributed by atoms with Crippen molar-refractivity contribution in [1.29, 1.82) is 0 Å². The Morgan fingerprint density at radius 1 is 1.24 bits per heavy atom. The summed E-state index contributed by atoms with van der Waals surface area (Å²) in [5.41, 5.74) is 0.940. The summed E-state index contributed by atoms with van der Waals surface area (Å²) < 4.78 is 14.2. The van der Waals surface area contributed by atoms with Crippen molar-refractivity contribution in [3.63, 3.8) is 0 Å². The van der Waals surface area contributed by atoms with Crippen LogP contribution in [-0.2, 0) is 14.1 Å². The van der Waals surface area contributed by atoms with Crippen LogP contribution >= 0.6 is 0 Å². The lowest BCUT2D eigenvalue weighted by Crippen LogP contribution is -2.46. The molecule has 3 N–H and O–H groups in total. The summed E-state index contributed by atoms with van der Waals surface area (Å²) in [6.07, 6.45) is 2.29. The van der Waals surface area contributed by atoms with Gasteiger partial charge in [0.1, 0.15) is 18.7 Å². The highest BCUT2D eigenvalue weighted by atomic mass is 16.6. The topological polar surface area (TPSA) is 110 Å². The van der Waals surface area contributed by atoms with Gasteiger partial charge in [-0.05, 0) is 19.4 Å². The second-order valence-corrected chi connectivity index (χ2v) is 8.35. The zero-order valence-electron chi connectivity index (χ0n) is 19.3. The number of fused-ring (bicyclic) bond motifs is 1. The average molecular weight is 458 g/mol. The van der Waals surface area contributed by atoms with Crippen molar-refractivity contribution >= 4 is 5.82 Å². The quantitative estimate of drug-likeness (QED) is 0.514. The Morgan fingerprint density at radius 2 is 2.06 bits per heavy atom. The number of piperazine rings is 1. The molecule has 4 rings (SSSR count). The van der Waals surface area contributed by atoms with Gasteiger partial charge in [0.05, 0.1) is 11.6 Å². The highest BCUT2D eigenvalue weighted by Gasteiger charge is 2.29. The first-order chi connectivity index (χ1) is 15.9. The van der Waals surface area contributed by atoms with Crippen molar-refractivity contribution in [2.24, 2.45) is 14.1 Å². The van der Waals surface area contributed by atoms with E-state index in [4.69, 9.17) is 9.47 Å². The van der Waals surface area contributed by atoms with Crippen LogP contribution in [0.3, 0.4) is 0 Å². The number of nitrogens with zero attached hydrogens (tertiary/aromatic N) is 3. The molecule has 0 aliphatic carbocycles. The molecular formula is C23H31N5O5. The minimum Gasteiger partial charge on any atom is -0.457 e. The second-order valence-electron chi connectivity index (χ2n) is 8.35. The number of para-hydroxylation sites is 1. The van der Waals surface area contributed by atoms with Gasteiger partial charge in [-0.15, -0.1) is 0 Å². The van der Waals surface area contributed by atoms with Crippen LogP contribution in [0.25, 0.3) is 0 Å². The molecule has 0 spiro atoms. The normalized spacial score (nSPS) is 18.2. The SMILES string of the molecule is Cc1c(NCCCN2CCNCC2c2cccc3c2OC=C(CO)O3)n(C)c(=O)n(C)c1=O. The van der Waals surface area contributed by atoms with Crippen LogP contribution in [0.1, 0.15) is 23.6 Å². The Kier molecular flexibility index (Phi) is 6.87. The van der Waals surface area contributed by atoms with Gasteiger partial charge in [0.15, 0.2) is 17.3 Å². The number of rotatable bonds is 7. The second kappa shape index (κ2) is 9.82. The van der Waals surface area contributed by atoms with Gasteiger partial charge in [-0.1, -0.05) is 12.1 Å². The van der Waals surface area contributed by atoms with E-state index in [1.807, 2.05) is 18.2 Å². The van der Waals surface area contributed by atoms with Gasteiger partial charge in [0.25, 0.3) is 5.56 Å². The van der Waals surface area contributed by atoms with E-state index in [0.717, 1.165) is 42.7 Å². The molecule has 10 heteroatoms. The summed E-state index contributed by atoms with van der Waals surface area (Å²) in [5, 5.41) is 16.1. The van der Waals surface area contributed by atoms with E-state index in [1.54, 1.807) is 14.0 Å². The maximum Gasteiger partial charge on any atom is 0.332 e. The maximum atomic E-state index is 12.3. The van der Waals surface area contributed by atoms with Gasteiger partial charge in [-0.3, -0.25) is 18.8 Å². The lowest BCUT2D eigenvalue weighted by atomic mass is 10.0. The number of hydrogen-bond donors (Lipinski definition) is 3. The number of anilines is 1. The molecule has 2 aliphatic rings. The Morgan fingerprint density at radius 3 is 2.85 bits per heavy atom. The first-order valence-corrected chi connectivity index (χ1v) is 11.1. The van der Waals surface area contributed by atoms with Gasteiger partial charge < -0.3 is 25.2 Å². The fourth-order valence-corrected chi connectivity index (χ4v) is 4.43. The average Bonchev–Trinajstić information content (AvgIpc) is 2.85. The minimum absolute atomic E-state index is 0.108. The Balaban J connectivity index is 1.44. The highest BCUT2D eigenvalue weighted by molar-refractivity contribution is 5.51. The van der Waals surface area contributed by atoms with Gasteiger partial charge in [-0.25, -0.2) is 4.79 Å². The zero-order valence-corrected chi connectivity index (χ0v) is 19.3. The van der Waals surface area contributed by atoms with E-state index in [2.05, 4.69) is 15.5 Å². The number of hydrogen-bond acceptors (Lipinski definition) is 8. The molecule has 0 saturated carbocycles. The first-order valence-electron chi connectivity index (χ1n) is 11.1. The molecule has 1 saturated heterocycles. The predicted octanol–water partition coefficient (Wildman–Crippen LogP) is 0.446. The number of aromatic nitrogens is 2. The standard InChI is InChI=1S/C23H31N5O5/c1-15-21(26(2)23(31)27(3)22(15)30)25-8-5-10-28-11-9-24-12-18(28)17-6-4-7-19-20(17)32-14-16(13-29)33-19/h4,6-7,14,18,24-25,29H,5,8-13H2,1-3H3. The molecule has 2 aliphatic heterocycles. The summed E-state index contributed by atoms with van der Waals surface area (Å²) in [6.45, 7) is 5.54. The highest BCUT2D eigenvalue weighted by Crippen LogP contribution is 2.40. The third-order valence-electron chi connectivity index (χ3n) is 6.23. The molecule has 1 unspecified atom stereocenters. The lowest BCUT2D eigenvalue weighted by Gasteiger charge is -2.37. The predicted molar refractivity (Wildman–Crippen MR) is 125 cm³/mol. The Labute approximate surface area is 192 Å². The summed E-state index contributed by atoms with van der Waals surface area (Å²) in [7, 11) is 3.16. The molecule has 1 atom stereocenters. The fraction of sp³-hybridized carbons (Fsp3) is 0.478. The van der Waals surface area contributed by atoms with Gasteiger partial charge in [0, 0.05) is 52.4 Å². The molecule has 3 heterocycles. The third-order valence-corrected chi connectivity index (χ3v) is 6.23. The summed E-state index contributed by atoms with van der Waals surface area (Å²) in [5.74, 6) is 2.23. The molecular weight excluding hydrogens is 426 g/mol. The zero-order chi connectivity index (χ0) is 23.5. The molecule has 10 nitrogen and oxygen atoms in total. The lowest BCUT2D eigenvalue weighted by molar-refractivity contribution is 0.157. The number of aliphatic hydroxyl groups excluding tert-OH is 1. The van der Waals surface area contributed by atoms with Crippen molar-refractivity contribution < 1.29 is 14.6 Å². The molecule has 1 aromatic carbocycles. The van der Waals surface area contributed by atoms with E-state index in [1.165, 1.54) is 17.9 Å². The van der Waals surface area contributed by atoms with Crippen LogP contribution < -0.4 is 31.4 Å². The minimum atomic E-state index is -0.343. The van der Waals surface area contributed by atoms with E-state index < -0.39 is 0 Å². The van der Waals surface area contributed by atoms with Crippen molar-refractivity contribution in [3.8, 4) is 11.5 Å². The van der Waals surface area contributed by atoms with Crippen LogP contribution in [0, 0.1) is 6.92 Å². The van der Waals surface area contributed by atoms with Crippen LogP contribution in [-0.4, -0.2) is 58.5 Å². The van der Waals surface area contributed by atoms with Crippen LogP contribution in [0.5, 0.6) is 11.5 Å². The Bertz CT molecular complexity index is 1130. The molecule has 1 fully saturated rings. The molecule has 0 radical (unpaired) electrons. The molecule has 178 valence electrons. The van der Waals surface area contributed by atoms with E-state index in [0.29, 0.717) is 35.2 Å². The monoisotopic (exact) mass is 457 g/mol. The fourth-order valence-electron chi connectivity index (χ4n) is 4.43. The number of ether oxygens (including phenoxy) is 2. The van der Waals surface area contributed by atoms with Gasteiger partial charge in [0.2, 0.25) is 0 Å². The van der Waals surface area contributed by atoms with Crippen LogP contribution in [0.15, 0.2) is 39.8 Å². The van der Waals surface area contributed by atoms with Crippen molar-refractivity contribution in [1.82, 2.24) is 19.4 Å². The molecule has 1 aromatic heterocycles. The van der Waals surface area contributed by atoms with Crippen molar-refractivity contribution in [3.05, 3.63) is 62.2 Å². The maximum absolute atomic E-state index is 12.3. The summed E-state index contributed by atoms with van der Waals surface area (Å²) in [4.78, 5) is 26.9. The molecule has 2 aromatic rings. The summed E-state index contributed by atoms with van der Waals surface area (Å²) in [6, 6.07) is 5.92. The number of nitrogens with one attached hydrogen (secondary N) is 2. The molecule has 0 bridgehead atoms. The van der Waals surface area contributed by atoms with Crippen molar-refractivity contribution in [2.75, 3.05) is 44.6 Å². The third kappa shape index (κ3) is 4.54. The van der Waals surface area contributed by atoms with E-state index in [-0.39, 0.29) is 23.9 Å². The van der Waals surface area contributed by atoms with E-state index >= 15 is 0 Å². The first kappa shape index (κ1) is 23.1. The van der Waals surface area contributed by atoms with Gasteiger partial charge in [-0.2, -0.15) is 0 Å².